The summed E-state index contributed by atoms with van der Waals surface area (Å²) in [7, 11) is -3.59. The van der Waals surface area contributed by atoms with E-state index in [0.717, 1.165) is 12.0 Å². The van der Waals surface area contributed by atoms with Gasteiger partial charge in [0.05, 0.1) is 5.88 Å². The van der Waals surface area contributed by atoms with Gasteiger partial charge in [0.2, 0.25) is 0 Å². The average Bonchev–Trinajstić information content (AvgIpc) is 3.03. The lowest BCUT2D eigenvalue weighted by Gasteiger charge is -2.25. The molecule has 0 spiro atoms. The molecular formula is C12H14ClN3O2S2. The van der Waals surface area contributed by atoms with E-state index in [2.05, 4.69) is 10.2 Å². The molecule has 0 amide bonds. The molecule has 108 valence electrons. The van der Waals surface area contributed by atoms with Gasteiger partial charge in [0.15, 0.2) is 5.03 Å². The number of sulfonamides is 1. The second-order valence-corrected chi connectivity index (χ2v) is 7.84. The van der Waals surface area contributed by atoms with Crippen LogP contribution in [0.15, 0.2) is 16.5 Å². The molecule has 3 heterocycles. The lowest BCUT2D eigenvalue weighted by atomic mass is 10.1. The summed E-state index contributed by atoms with van der Waals surface area (Å²) in [5.41, 5.74) is 2.35. The molecule has 1 N–H and O–H groups in total. The Kier molecular flexibility index (Phi) is 3.62. The highest BCUT2D eigenvalue weighted by atomic mass is 35.5. The Bertz CT molecular complexity index is 736. The molecule has 2 aromatic rings. The van der Waals surface area contributed by atoms with Gasteiger partial charge in [-0.05, 0) is 30.4 Å². The number of H-pyrrole nitrogens is 1. The van der Waals surface area contributed by atoms with E-state index < -0.39 is 10.0 Å². The Hall–Kier alpha value is -0.890. The van der Waals surface area contributed by atoms with E-state index in [9.17, 15) is 8.42 Å². The van der Waals surface area contributed by atoms with Gasteiger partial charge in [-0.25, -0.2) is 8.42 Å². The summed E-state index contributed by atoms with van der Waals surface area (Å²) < 4.78 is 26.9. The van der Waals surface area contributed by atoms with Crippen LogP contribution in [0, 0.1) is 6.92 Å². The van der Waals surface area contributed by atoms with Crippen molar-refractivity contribution in [2.45, 2.75) is 30.8 Å². The molecule has 8 heteroatoms. The lowest BCUT2D eigenvalue weighted by Crippen LogP contribution is -2.36. The van der Waals surface area contributed by atoms with Gasteiger partial charge >= 0.3 is 0 Å². The molecule has 0 aliphatic carbocycles. The fourth-order valence-electron chi connectivity index (χ4n) is 2.35. The van der Waals surface area contributed by atoms with Crippen molar-refractivity contribution >= 4 is 33.0 Å². The highest BCUT2D eigenvalue weighted by molar-refractivity contribution is 7.89. The van der Waals surface area contributed by atoms with Crippen LogP contribution in [0.4, 0.5) is 0 Å². The fraction of sp³-hybridized carbons (Fsp3) is 0.417. The Morgan fingerprint density at radius 1 is 1.55 bits per heavy atom. The van der Waals surface area contributed by atoms with Gasteiger partial charge in [0.25, 0.3) is 10.0 Å². The van der Waals surface area contributed by atoms with Gasteiger partial charge in [-0.1, -0.05) is 0 Å². The third kappa shape index (κ3) is 2.18. The quantitative estimate of drug-likeness (QED) is 0.877. The number of nitrogens with one attached hydrogen (secondary N) is 1. The summed E-state index contributed by atoms with van der Waals surface area (Å²) in [4.78, 5) is 1.27. The van der Waals surface area contributed by atoms with E-state index in [-0.39, 0.29) is 10.9 Å². The summed E-state index contributed by atoms with van der Waals surface area (Å²) in [5.74, 6) is 0.133. The van der Waals surface area contributed by atoms with Crippen LogP contribution < -0.4 is 0 Å². The Morgan fingerprint density at radius 2 is 2.35 bits per heavy atom. The predicted octanol–water partition coefficient (Wildman–Crippen LogP) is 2.27. The molecule has 0 saturated carbocycles. The van der Waals surface area contributed by atoms with Crippen molar-refractivity contribution in [3.63, 3.8) is 0 Å². The van der Waals surface area contributed by atoms with Gasteiger partial charge in [0.1, 0.15) is 0 Å². The lowest BCUT2D eigenvalue weighted by molar-refractivity contribution is 0.392. The SMILES string of the molecule is Cc1[nH]nc(S(=O)(=O)N2CCc3sccc3C2)c1CCl. The maximum Gasteiger partial charge on any atom is 0.263 e. The van der Waals surface area contributed by atoms with Crippen LogP contribution in [0.5, 0.6) is 0 Å². The maximum atomic E-state index is 12.7. The number of aryl methyl sites for hydroxylation is 1. The van der Waals surface area contributed by atoms with Gasteiger partial charge in [0, 0.05) is 29.2 Å². The Balaban J connectivity index is 1.97. The molecule has 0 unspecified atom stereocenters. The number of hydrogen-bond acceptors (Lipinski definition) is 4. The number of fused-ring (bicyclic) bond motifs is 1. The van der Waals surface area contributed by atoms with Crippen molar-refractivity contribution in [3.8, 4) is 0 Å². The van der Waals surface area contributed by atoms with Crippen LogP contribution in [-0.2, 0) is 28.9 Å². The predicted molar refractivity (Wildman–Crippen MR) is 78.5 cm³/mol. The highest BCUT2D eigenvalue weighted by Gasteiger charge is 2.32. The van der Waals surface area contributed by atoms with Crippen LogP contribution >= 0.6 is 22.9 Å². The minimum atomic E-state index is -3.59. The van der Waals surface area contributed by atoms with E-state index in [0.29, 0.717) is 24.3 Å². The minimum absolute atomic E-state index is 0.0590. The molecule has 0 fully saturated rings. The van der Waals surface area contributed by atoms with E-state index in [4.69, 9.17) is 11.6 Å². The number of hydrogen-bond donors (Lipinski definition) is 1. The van der Waals surface area contributed by atoms with Gasteiger partial charge < -0.3 is 0 Å². The summed E-state index contributed by atoms with van der Waals surface area (Å²) in [6, 6.07) is 1.99. The number of halogens is 1. The molecule has 0 radical (unpaired) electrons. The smallest absolute Gasteiger partial charge is 0.263 e. The summed E-state index contributed by atoms with van der Waals surface area (Å²) in [5, 5.41) is 8.71. The molecule has 20 heavy (non-hydrogen) atoms. The van der Waals surface area contributed by atoms with E-state index in [1.54, 1.807) is 18.3 Å². The van der Waals surface area contributed by atoms with E-state index in [1.807, 2.05) is 11.4 Å². The molecular weight excluding hydrogens is 318 g/mol. The zero-order valence-electron chi connectivity index (χ0n) is 10.9. The van der Waals surface area contributed by atoms with Crippen molar-refractivity contribution < 1.29 is 8.42 Å². The second kappa shape index (κ2) is 5.14. The molecule has 5 nitrogen and oxygen atoms in total. The van der Waals surface area contributed by atoms with Gasteiger partial charge in [-0.3, -0.25) is 5.10 Å². The zero-order valence-corrected chi connectivity index (χ0v) is 13.3. The standard InChI is InChI=1S/C12H14ClN3O2S2/c1-8-10(6-13)12(15-14-8)20(17,18)16-4-2-11-9(7-16)3-5-19-11/h3,5H,2,4,6-7H2,1H3,(H,14,15). The van der Waals surface area contributed by atoms with Crippen LogP contribution in [0.2, 0.25) is 0 Å². The Morgan fingerprint density at radius 3 is 3.10 bits per heavy atom. The molecule has 0 saturated heterocycles. The molecule has 1 aliphatic rings. The highest BCUT2D eigenvalue weighted by Crippen LogP contribution is 2.29. The van der Waals surface area contributed by atoms with Crippen molar-refractivity contribution in [3.05, 3.63) is 33.1 Å². The number of aromatic amines is 1. The maximum absolute atomic E-state index is 12.7. The third-order valence-corrected chi connectivity index (χ3v) is 6.63. The normalized spacial score (nSPS) is 16.3. The number of thiophene rings is 1. The van der Waals surface area contributed by atoms with Gasteiger partial charge in [-0.2, -0.15) is 9.40 Å². The van der Waals surface area contributed by atoms with Crippen LogP contribution in [0.3, 0.4) is 0 Å². The molecule has 0 aromatic carbocycles. The van der Waals surface area contributed by atoms with Gasteiger partial charge in [-0.15, -0.1) is 22.9 Å². The third-order valence-electron chi connectivity index (χ3n) is 3.53. The van der Waals surface area contributed by atoms with Crippen molar-refractivity contribution in [2.24, 2.45) is 0 Å². The molecule has 1 aliphatic heterocycles. The van der Waals surface area contributed by atoms with Crippen LogP contribution in [0.25, 0.3) is 0 Å². The largest absolute Gasteiger partial charge is 0.281 e. The van der Waals surface area contributed by atoms with Crippen molar-refractivity contribution in [1.82, 2.24) is 14.5 Å². The monoisotopic (exact) mass is 331 g/mol. The van der Waals surface area contributed by atoms with Crippen molar-refractivity contribution in [2.75, 3.05) is 6.54 Å². The number of aromatic nitrogens is 2. The molecule has 2 aromatic heterocycles. The average molecular weight is 332 g/mol. The first kappa shape index (κ1) is 14.1. The first-order valence-electron chi connectivity index (χ1n) is 6.19. The first-order valence-corrected chi connectivity index (χ1v) is 9.04. The van der Waals surface area contributed by atoms with E-state index >= 15 is 0 Å². The fourth-order valence-corrected chi connectivity index (χ4v) is 5.23. The van der Waals surface area contributed by atoms with Crippen LogP contribution in [0.1, 0.15) is 21.7 Å². The minimum Gasteiger partial charge on any atom is -0.281 e. The van der Waals surface area contributed by atoms with Crippen LogP contribution in [-0.4, -0.2) is 29.5 Å². The zero-order chi connectivity index (χ0) is 14.3. The topological polar surface area (TPSA) is 66.1 Å². The van der Waals surface area contributed by atoms with E-state index in [1.165, 1.54) is 9.18 Å². The molecule has 0 bridgehead atoms. The summed E-state index contributed by atoms with van der Waals surface area (Å²) >= 11 is 7.53. The number of nitrogens with zero attached hydrogens (tertiary/aromatic N) is 2. The molecule has 0 atom stereocenters. The summed E-state index contributed by atoms with van der Waals surface area (Å²) in [6.45, 7) is 2.68. The number of alkyl halides is 1. The first-order chi connectivity index (χ1) is 9.54. The molecule has 3 rings (SSSR count). The second-order valence-electron chi connectivity index (χ2n) is 4.72. The number of rotatable bonds is 3. The summed E-state index contributed by atoms with van der Waals surface area (Å²) in [6.07, 6.45) is 0.756. The van der Waals surface area contributed by atoms with Crippen molar-refractivity contribution in [1.29, 1.82) is 0 Å². The Labute approximate surface area is 126 Å².